The second kappa shape index (κ2) is 7.91. The first kappa shape index (κ1) is 16.5. The standard InChI is InChI=1S/C16H21NO5/c18-15(19)7-9-17-8-1-2-14(10-17)22-11-12-3-5-13(6-4-12)16(20)21/h3-6,14H,1-2,7-11H2,(H,18,19)(H,20,21). The van der Waals surface area contributed by atoms with Crippen LogP contribution in [0.5, 0.6) is 0 Å². The van der Waals surface area contributed by atoms with Crippen molar-refractivity contribution in [1.82, 2.24) is 4.90 Å². The first-order chi connectivity index (χ1) is 10.5. The highest BCUT2D eigenvalue weighted by molar-refractivity contribution is 5.87. The highest BCUT2D eigenvalue weighted by Gasteiger charge is 2.20. The van der Waals surface area contributed by atoms with Gasteiger partial charge in [0, 0.05) is 13.1 Å². The molecule has 1 fully saturated rings. The highest BCUT2D eigenvalue weighted by Crippen LogP contribution is 2.16. The van der Waals surface area contributed by atoms with E-state index in [1.54, 1.807) is 24.3 Å². The van der Waals surface area contributed by atoms with Gasteiger partial charge in [0.15, 0.2) is 0 Å². The molecule has 1 aromatic rings. The average molecular weight is 307 g/mol. The van der Waals surface area contributed by atoms with Crippen LogP contribution in [0.3, 0.4) is 0 Å². The van der Waals surface area contributed by atoms with Crippen LogP contribution in [0.2, 0.25) is 0 Å². The second-order valence-electron chi connectivity index (χ2n) is 5.52. The zero-order chi connectivity index (χ0) is 15.9. The number of aromatic carboxylic acids is 1. The van der Waals surface area contributed by atoms with Crippen LogP contribution in [0.25, 0.3) is 0 Å². The Balaban J connectivity index is 1.78. The second-order valence-corrected chi connectivity index (χ2v) is 5.52. The molecule has 6 heteroatoms. The van der Waals surface area contributed by atoms with Gasteiger partial charge in [0.2, 0.25) is 0 Å². The molecule has 0 radical (unpaired) electrons. The molecule has 0 spiro atoms. The molecule has 0 amide bonds. The fraction of sp³-hybridized carbons (Fsp3) is 0.500. The van der Waals surface area contributed by atoms with E-state index in [0.717, 1.165) is 31.5 Å². The van der Waals surface area contributed by atoms with Gasteiger partial charge in [-0.1, -0.05) is 12.1 Å². The van der Waals surface area contributed by atoms with Crippen molar-refractivity contribution >= 4 is 11.9 Å². The third kappa shape index (κ3) is 5.13. The van der Waals surface area contributed by atoms with E-state index in [-0.39, 0.29) is 18.1 Å². The fourth-order valence-electron chi connectivity index (χ4n) is 2.56. The van der Waals surface area contributed by atoms with Crippen LogP contribution >= 0.6 is 0 Å². The Morgan fingerprint density at radius 3 is 2.59 bits per heavy atom. The van der Waals surface area contributed by atoms with E-state index in [2.05, 4.69) is 4.90 Å². The molecule has 1 saturated heterocycles. The number of rotatable bonds is 7. The van der Waals surface area contributed by atoms with E-state index in [1.807, 2.05) is 0 Å². The normalized spacial score (nSPS) is 19.0. The largest absolute Gasteiger partial charge is 0.481 e. The molecule has 0 bridgehead atoms. The van der Waals surface area contributed by atoms with Gasteiger partial charge in [0.25, 0.3) is 0 Å². The summed E-state index contributed by atoms with van der Waals surface area (Å²) in [6.07, 6.45) is 2.23. The Kier molecular flexibility index (Phi) is 5.91. The van der Waals surface area contributed by atoms with Crippen molar-refractivity contribution in [2.45, 2.75) is 32.0 Å². The van der Waals surface area contributed by atoms with Gasteiger partial charge in [-0.2, -0.15) is 0 Å². The molecule has 1 aliphatic rings. The first-order valence-electron chi connectivity index (χ1n) is 7.42. The van der Waals surface area contributed by atoms with Gasteiger partial charge in [-0.05, 0) is 37.1 Å². The molecule has 120 valence electrons. The topological polar surface area (TPSA) is 87.1 Å². The average Bonchev–Trinajstić information content (AvgIpc) is 2.52. The van der Waals surface area contributed by atoms with Crippen LogP contribution in [-0.2, 0) is 16.1 Å². The van der Waals surface area contributed by atoms with Crippen molar-refractivity contribution in [3.63, 3.8) is 0 Å². The molecule has 1 atom stereocenters. The number of carbonyl (C=O) groups is 2. The lowest BCUT2D eigenvalue weighted by Crippen LogP contribution is -2.40. The van der Waals surface area contributed by atoms with Crippen molar-refractivity contribution < 1.29 is 24.5 Å². The van der Waals surface area contributed by atoms with Gasteiger partial charge in [0.1, 0.15) is 0 Å². The smallest absolute Gasteiger partial charge is 0.335 e. The minimum Gasteiger partial charge on any atom is -0.481 e. The highest BCUT2D eigenvalue weighted by atomic mass is 16.5. The lowest BCUT2D eigenvalue weighted by molar-refractivity contribution is -0.137. The zero-order valence-corrected chi connectivity index (χ0v) is 12.4. The van der Waals surface area contributed by atoms with Gasteiger partial charge in [0.05, 0.1) is 24.7 Å². The summed E-state index contributed by atoms with van der Waals surface area (Å²) in [4.78, 5) is 23.5. The van der Waals surface area contributed by atoms with Crippen molar-refractivity contribution in [3.8, 4) is 0 Å². The van der Waals surface area contributed by atoms with Crippen LogP contribution in [0.4, 0.5) is 0 Å². The quantitative estimate of drug-likeness (QED) is 0.799. The third-order valence-corrected chi connectivity index (χ3v) is 3.79. The number of aliphatic carboxylic acids is 1. The molecule has 22 heavy (non-hydrogen) atoms. The molecule has 1 unspecified atom stereocenters. The summed E-state index contributed by atoms with van der Waals surface area (Å²) in [6, 6.07) is 6.66. The molecular weight excluding hydrogens is 286 g/mol. The summed E-state index contributed by atoms with van der Waals surface area (Å²) in [6.45, 7) is 2.67. The maximum absolute atomic E-state index is 10.8. The predicted molar refractivity (Wildman–Crippen MR) is 79.9 cm³/mol. The van der Waals surface area contributed by atoms with Crippen LogP contribution in [-0.4, -0.2) is 52.8 Å². The summed E-state index contributed by atoms with van der Waals surface area (Å²) in [5.41, 5.74) is 1.20. The number of hydrogen-bond acceptors (Lipinski definition) is 4. The molecule has 1 aliphatic heterocycles. The molecule has 6 nitrogen and oxygen atoms in total. The Morgan fingerprint density at radius 1 is 1.23 bits per heavy atom. The molecule has 1 aromatic carbocycles. The molecule has 2 N–H and O–H groups in total. The Hall–Kier alpha value is -1.92. The summed E-state index contributed by atoms with van der Waals surface area (Å²) >= 11 is 0. The first-order valence-corrected chi connectivity index (χ1v) is 7.42. The Morgan fingerprint density at radius 2 is 1.95 bits per heavy atom. The van der Waals surface area contributed by atoms with Crippen molar-refractivity contribution in [3.05, 3.63) is 35.4 Å². The molecule has 0 saturated carbocycles. The van der Waals surface area contributed by atoms with Gasteiger partial charge in [-0.25, -0.2) is 4.79 Å². The van der Waals surface area contributed by atoms with E-state index in [0.29, 0.717) is 13.2 Å². The molecule has 1 heterocycles. The maximum Gasteiger partial charge on any atom is 0.335 e. The summed E-state index contributed by atoms with van der Waals surface area (Å²) in [5, 5.41) is 17.6. The molecular formula is C16H21NO5. The zero-order valence-electron chi connectivity index (χ0n) is 12.4. The number of carboxylic acids is 2. The van der Waals surface area contributed by atoms with E-state index in [9.17, 15) is 9.59 Å². The lowest BCUT2D eigenvalue weighted by Gasteiger charge is -2.32. The van der Waals surface area contributed by atoms with E-state index in [1.165, 1.54) is 0 Å². The minimum absolute atomic E-state index is 0.0988. The molecule has 2 rings (SSSR count). The number of hydrogen-bond donors (Lipinski definition) is 2. The third-order valence-electron chi connectivity index (χ3n) is 3.79. The summed E-state index contributed by atoms with van der Waals surface area (Å²) in [5.74, 6) is -1.71. The Bertz CT molecular complexity index is 514. The van der Waals surface area contributed by atoms with Crippen molar-refractivity contribution in [1.29, 1.82) is 0 Å². The molecule has 0 aromatic heterocycles. The lowest BCUT2D eigenvalue weighted by atomic mass is 10.1. The van der Waals surface area contributed by atoms with E-state index in [4.69, 9.17) is 14.9 Å². The van der Waals surface area contributed by atoms with Gasteiger partial charge >= 0.3 is 11.9 Å². The number of ether oxygens (including phenoxy) is 1. The minimum atomic E-state index is -0.936. The van der Waals surface area contributed by atoms with Crippen molar-refractivity contribution in [2.24, 2.45) is 0 Å². The number of benzene rings is 1. The number of nitrogens with zero attached hydrogens (tertiary/aromatic N) is 1. The predicted octanol–water partition coefficient (Wildman–Crippen LogP) is 1.84. The van der Waals surface area contributed by atoms with Gasteiger partial charge in [-0.15, -0.1) is 0 Å². The summed E-state index contributed by atoms with van der Waals surface area (Å²) in [7, 11) is 0. The van der Waals surface area contributed by atoms with Gasteiger partial charge in [-0.3, -0.25) is 4.79 Å². The van der Waals surface area contributed by atoms with Crippen LogP contribution in [0, 0.1) is 0 Å². The van der Waals surface area contributed by atoms with Crippen LogP contribution < -0.4 is 0 Å². The number of likely N-dealkylation sites (tertiary alicyclic amines) is 1. The number of piperidine rings is 1. The van der Waals surface area contributed by atoms with Crippen molar-refractivity contribution in [2.75, 3.05) is 19.6 Å². The van der Waals surface area contributed by atoms with Crippen LogP contribution in [0.1, 0.15) is 35.2 Å². The molecule has 0 aliphatic carbocycles. The fourth-order valence-corrected chi connectivity index (χ4v) is 2.56. The SMILES string of the molecule is O=C(O)CCN1CCCC(OCc2ccc(C(=O)O)cc2)C1. The van der Waals surface area contributed by atoms with Gasteiger partial charge < -0.3 is 19.8 Å². The monoisotopic (exact) mass is 307 g/mol. The maximum atomic E-state index is 10.8. The number of carboxylic acid groups (broad SMARTS) is 2. The van der Waals surface area contributed by atoms with Crippen LogP contribution in [0.15, 0.2) is 24.3 Å². The van der Waals surface area contributed by atoms with E-state index < -0.39 is 11.9 Å². The van der Waals surface area contributed by atoms with E-state index >= 15 is 0 Å². The summed E-state index contributed by atoms with van der Waals surface area (Å²) < 4.78 is 5.87. The Labute approximate surface area is 129 Å².